The Labute approximate surface area is 89.5 Å². The molecule has 3 N–H and O–H groups in total. The summed E-state index contributed by atoms with van der Waals surface area (Å²) < 4.78 is 5.84. The van der Waals surface area contributed by atoms with Crippen molar-refractivity contribution in [2.45, 2.75) is 38.7 Å². The van der Waals surface area contributed by atoms with Gasteiger partial charge >= 0.3 is 0 Å². The second kappa shape index (κ2) is 2.38. The Morgan fingerprint density at radius 2 is 2.27 bits per heavy atom. The highest BCUT2D eigenvalue weighted by molar-refractivity contribution is 5.87. The van der Waals surface area contributed by atoms with Gasteiger partial charge in [-0.25, -0.2) is 5.84 Å². The quantitative estimate of drug-likeness (QED) is 0.378. The van der Waals surface area contributed by atoms with E-state index in [0.29, 0.717) is 12.5 Å². The number of ether oxygens (including phenoxy) is 1. The molecule has 4 nitrogen and oxygen atoms in total. The Balaban J connectivity index is 2.12. The highest BCUT2D eigenvalue weighted by Gasteiger charge is 2.78. The molecule has 0 aromatic rings. The smallest absolute Gasteiger partial charge is 0.266 e. The number of carbonyl (C=O) groups is 1. The number of hydrazine groups is 1. The molecule has 3 fully saturated rings. The van der Waals surface area contributed by atoms with Crippen LogP contribution in [-0.2, 0) is 9.53 Å². The summed E-state index contributed by atoms with van der Waals surface area (Å²) in [6.07, 6.45) is 3.17. The van der Waals surface area contributed by atoms with Crippen molar-refractivity contribution in [2.24, 2.45) is 22.6 Å². The number of rotatable bonds is 1. The van der Waals surface area contributed by atoms with E-state index in [9.17, 15) is 4.79 Å². The van der Waals surface area contributed by atoms with Gasteiger partial charge in [-0.2, -0.15) is 0 Å². The van der Waals surface area contributed by atoms with Gasteiger partial charge in [-0.1, -0.05) is 13.8 Å². The molecule has 15 heavy (non-hydrogen) atoms. The van der Waals surface area contributed by atoms with Crippen LogP contribution in [-0.4, -0.2) is 18.1 Å². The monoisotopic (exact) mass is 210 g/mol. The number of amides is 1. The standard InChI is InChI=1S/C11H18N2O2/c1-9-6-15-11(8(14)13-12)5-7(9)3-4-10(9,11)2/h7H,3-6,12H2,1-2H3,(H,13,14)/t7-,9+,10+,11+/m1/s1. The van der Waals surface area contributed by atoms with Gasteiger partial charge in [0.2, 0.25) is 0 Å². The van der Waals surface area contributed by atoms with E-state index in [2.05, 4.69) is 19.3 Å². The van der Waals surface area contributed by atoms with Crippen molar-refractivity contribution in [2.75, 3.05) is 6.61 Å². The van der Waals surface area contributed by atoms with E-state index in [1.165, 1.54) is 6.42 Å². The van der Waals surface area contributed by atoms with Crippen LogP contribution in [0, 0.1) is 16.7 Å². The van der Waals surface area contributed by atoms with Crippen LogP contribution in [0.25, 0.3) is 0 Å². The van der Waals surface area contributed by atoms with E-state index < -0.39 is 5.60 Å². The highest BCUT2D eigenvalue weighted by Crippen LogP contribution is 2.74. The van der Waals surface area contributed by atoms with Crippen LogP contribution in [0.4, 0.5) is 0 Å². The molecule has 3 rings (SSSR count). The van der Waals surface area contributed by atoms with E-state index in [-0.39, 0.29) is 16.7 Å². The predicted octanol–water partition coefficient (Wildman–Crippen LogP) is 0.572. The van der Waals surface area contributed by atoms with Crippen LogP contribution in [0.5, 0.6) is 0 Å². The molecule has 2 aliphatic carbocycles. The molecule has 0 radical (unpaired) electrons. The van der Waals surface area contributed by atoms with Crippen LogP contribution in [0.2, 0.25) is 0 Å². The second-order valence-electron chi connectivity index (χ2n) is 5.78. The van der Waals surface area contributed by atoms with E-state index in [1.54, 1.807) is 0 Å². The Morgan fingerprint density at radius 3 is 2.80 bits per heavy atom. The van der Waals surface area contributed by atoms with Gasteiger partial charge in [0.1, 0.15) is 0 Å². The van der Waals surface area contributed by atoms with Crippen molar-refractivity contribution in [1.82, 2.24) is 5.43 Å². The largest absolute Gasteiger partial charge is 0.364 e. The minimum atomic E-state index is -0.639. The van der Waals surface area contributed by atoms with Gasteiger partial charge < -0.3 is 4.74 Å². The lowest BCUT2D eigenvalue weighted by Crippen LogP contribution is -2.56. The highest BCUT2D eigenvalue weighted by atomic mass is 16.5. The van der Waals surface area contributed by atoms with Crippen molar-refractivity contribution in [3.05, 3.63) is 0 Å². The van der Waals surface area contributed by atoms with Gasteiger partial charge in [-0.15, -0.1) is 0 Å². The molecular weight excluding hydrogens is 192 g/mol. The minimum absolute atomic E-state index is 0.0197. The van der Waals surface area contributed by atoms with E-state index in [1.807, 2.05) is 0 Å². The van der Waals surface area contributed by atoms with Gasteiger partial charge in [0.25, 0.3) is 5.91 Å². The van der Waals surface area contributed by atoms with E-state index in [0.717, 1.165) is 12.8 Å². The summed E-state index contributed by atoms with van der Waals surface area (Å²) >= 11 is 0. The molecule has 0 spiro atoms. The van der Waals surface area contributed by atoms with Gasteiger partial charge in [0.15, 0.2) is 5.60 Å². The zero-order valence-corrected chi connectivity index (χ0v) is 9.30. The number of nitrogens with one attached hydrogen (secondary N) is 1. The maximum Gasteiger partial charge on any atom is 0.266 e. The molecule has 4 bridgehead atoms. The third kappa shape index (κ3) is 0.712. The van der Waals surface area contributed by atoms with Crippen molar-refractivity contribution in [3.8, 4) is 0 Å². The molecule has 84 valence electrons. The number of carbonyl (C=O) groups excluding carboxylic acids is 1. The summed E-state index contributed by atoms with van der Waals surface area (Å²) in [5, 5.41) is 0. The molecule has 4 atom stereocenters. The lowest BCUT2D eigenvalue weighted by Gasteiger charge is -2.39. The van der Waals surface area contributed by atoms with Crippen LogP contribution < -0.4 is 11.3 Å². The second-order valence-corrected chi connectivity index (χ2v) is 5.78. The maximum absolute atomic E-state index is 12.0. The SMILES string of the molecule is C[C@@]12CC[C@@H]3C[C@@]1(C(=O)NN)OC[C@@]32C. The fourth-order valence-corrected chi connectivity index (χ4v) is 4.37. The Morgan fingerprint density at radius 1 is 1.53 bits per heavy atom. The Kier molecular flexibility index (Phi) is 1.52. The molecule has 1 saturated heterocycles. The third-order valence-electron chi connectivity index (χ3n) is 5.70. The summed E-state index contributed by atoms with van der Waals surface area (Å²) in [5.41, 5.74) is 1.81. The van der Waals surface area contributed by atoms with Crippen molar-refractivity contribution >= 4 is 5.91 Å². The zero-order chi connectivity index (χ0) is 10.9. The Bertz CT molecular complexity index is 345. The first-order valence-corrected chi connectivity index (χ1v) is 5.65. The average molecular weight is 210 g/mol. The lowest BCUT2D eigenvalue weighted by molar-refractivity contribution is -0.155. The summed E-state index contributed by atoms with van der Waals surface area (Å²) in [5.74, 6) is 5.79. The fourth-order valence-electron chi connectivity index (χ4n) is 4.37. The van der Waals surface area contributed by atoms with Crippen LogP contribution in [0.1, 0.15) is 33.1 Å². The van der Waals surface area contributed by atoms with Crippen LogP contribution in [0.3, 0.4) is 0 Å². The molecule has 1 heterocycles. The number of hydrogen-bond donors (Lipinski definition) is 2. The van der Waals surface area contributed by atoms with Gasteiger partial charge in [-0.05, 0) is 25.2 Å². The maximum atomic E-state index is 12.0. The molecule has 2 saturated carbocycles. The summed E-state index contributed by atoms with van der Waals surface area (Å²) in [6, 6.07) is 0. The molecule has 0 unspecified atom stereocenters. The third-order valence-corrected chi connectivity index (χ3v) is 5.70. The molecule has 0 aromatic heterocycles. The van der Waals surface area contributed by atoms with E-state index in [4.69, 9.17) is 10.6 Å². The lowest BCUT2D eigenvalue weighted by atomic mass is 9.66. The molecule has 1 amide bonds. The summed E-state index contributed by atoms with van der Waals surface area (Å²) in [4.78, 5) is 12.0. The zero-order valence-electron chi connectivity index (χ0n) is 9.30. The fraction of sp³-hybridized carbons (Fsp3) is 0.909. The molecule has 4 heteroatoms. The first kappa shape index (κ1) is 9.60. The van der Waals surface area contributed by atoms with Crippen molar-refractivity contribution in [1.29, 1.82) is 0 Å². The number of hydrogen-bond acceptors (Lipinski definition) is 3. The van der Waals surface area contributed by atoms with Gasteiger partial charge in [0, 0.05) is 10.8 Å². The van der Waals surface area contributed by atoms with E-state index >= 15 is 0 Å². The van der Waals surface area contributed by atoms with Crippen LogP contribution in [0.15, 0.2) is 0 Å². The predicted molar refractivity (Wildman–Crippen MR) is 54.6 cm³/mol. The molecule has 0 aromatic carbocycles. The molecule has 1 aliphatic heterocycles. The normalized spacial score (nSPS) is 56.1. The van der Waals surface area contributed by atoms with Crippen molar-refractivity contribution < 1.29 is 9.53 Å². The molecular formula is C11H18N2O2. The van der Waals surface area contributed by atoms with Gasteiger partial charge in [0.05, 0.1) is 6.61 Å². The average Bonchev–Trinajstić information content (AvgIpc) is 2.70. The van der Waals surface area contributed by atoms with Gasteiger partial charge in [-0.3, -0.25) is 10.2 Å². The minimum Gasteiger partial charge on any atom is -0.364 e. The van der Waals surface area contributed by atoms with Crippen molar-refractivity contribution in [3.63, 3.8) is 0 Å². The topological polar surface area (TPSA) is 64.4 Å². The first-order chi connectivity index (χ1) is 7.00. The summed E-state index contributed by atoms with van der Waals surface area (Å²) in [7, 11) is 0. The first-order valence-electron chi connectivity index (χ1n) is 5.65. The Hall–Kier alpha value is -0.610. The number of nitrogens with two attached hydrogens (primary N) is 1. The summed E-state index contributed by atoms with van der Waals surface area (Å²) in [6.45, 7) is 5.17. The van der Waals surface area contributed by atoms with Crippen LogP contribution >= 0.6 is 0 Å². The molecule has 3 aliphatic rings.